The minimum Gasteiger partial charge on any atom is -0.346 e. The van der Waals surface area contributed by atoms with Gasteiger partial charge in [-0.15, -0.1) is 0 Å². The maximum atomic E-state index is 13.8. The number of carbonyl (C=O) groups excluding carboxylic acids is 1. The summed E-state index contributed by atoms with van der Waals surface area (Å²) in [6.45, 7) is 0.604. The minimum absolute atomic E-state index is 0.0340. The van der Waals surface area contributed by atoms with Gasteiger partial charge in [-0.2, -0.15) is 0 Å². The molecule has 1 aromatic carbocycles. The summed E-state index contributed by atoms with van der Waals surface area (Å²) in [5, 5.41) is 6.37. The Morgan fingerprint density at radius 2 is 1.89 bits per heavy atom. The fourth-order valence-electron chi connectivity index (χ4n) is 3.23. The van der Waals surface area contributed by atoms with Gasteiger partial charge >= 0.3 is 0 Å². The Kier molecular flexibility index (Phi) is 3.27. The van der Waals surface area contributed by atoms with Crippen molar-refractivity contribution in [2.45, 2.75) is 43.7 Å². The summed E-state index contributed by atoms with van der Waals surface area (Å²) >= 11 is 0. The van der Waals surface area contributed by atoms with Crippen molar-refractivity contribution >= 4 is 5.91 Å². The molecule has 0 radical (unpaired) electrons. The van der Waals surface area contributed by atoms with Gasteiger partial charge in [0.2, 0.25) is 5.91 Å². The second-order valence-electron chi connectivity index (χ2n) is 5.57. The van der Waals surface area contributed by atoms with E-state index in [1.165, 1.54) is 12.5 Å². The standard InChI is InChI=1S/C15H19FN2O/c16-12-7-3-2-6-11(12)13-10-17-15(14(19)18-13)8-4-1-5-9-15/h2-3,6-7,13,17H,1,4-5,8-10H2,(H,18,19). The molecule has 0 bridgehead atoms. The van der Waals surface area contributed by atoms with E-state index in [9.17, 15) is 9.18 Å². The topological polar surface area (TPSA) is 41.1 Å². The zero-order chi connectivity index (χ0) is 13.3. The number of amides is 1. The van der Waals surface area contributed by atoms with Gasteiger partial charge in [0.25, 0.3) is 0 Å². The van der Waals surface area contributed by atoms with Gasteiger partial charge in [-0.1, -0.05) is 37.5 Å². The fourth-order valence-corrected chi connectivity index (χ4v) is 3.23. The highest BCUT2D eigenvalue weighted by atomic mass is 19.1. The van der Waals surface area contributed by atoms with Crippen molar-refractivity contribution in [1.29, 1.82) is 0 Å². The fraction of sp³-hybridized carbons (Fsp3) is 0.533. The van der Waals surface area contributed by atoms with Crippen LogP contribution in [0.15, 0.2) is 24.3 Å². The van der Waals surface area contributed by atoms with Crippen LogP contribution >= 0.6 is 0 Å². The van der Waals surface area contributed by atoms with E-state index in [1.54, 1.807) is 18.2 Å². The molecular weight excluding hydrogens is 243 g/mol. The molecule has 19 heavy (non-hydrogen) atoms. The lowest BCUT2D eigenvalue weighted by Gasteiger charge is -2.43. The van der Waals surface area contributed by atoms with Gasteiger partial charge in [0.1, 0.15) is 5.82 Å². The van der Waals surface area contributed by atoms with Crippen molar-refractivity contribution in [2.75, 3.05) is 6.54 Å². The highest BCUT2D eigenvalue weighted by molar-refractivity contribution is 5.87. The third-order valence-corrected chi connectivity index (χ3v) is 4.37. The molecule has 2 fully saturated rings. The normalized spacial score (nSPS) is 26.2. The molecule has 1 heterocycles. The summed E-state index contributed by atoms with van der Waals surface area (Å²) in [6, 6.07) is 6.38. The molecule has 1 aromatic rings. The van der Waals surface area contributed by atoms with Crippen LogP contribution in [0.25, 0.3) is 0 Å². The van der Waals surface area contributed by atoms with E-state index in [4.69, 9.17) is 0 Å². The molecule has 102 valence electrons. The van der Waals surface area contributed by atoms with E-state index < -0.39 is 5.54 Å². The molecule has 1 unspecified atom stereocenters. The molecule has 4 heteroatoms. The Morgan fingerprint density at radius 1 is 1.16 bits per heavy atom. The predicted molar refractivity (Wildman–Crippen MR) is 71.1 cm³/mol. The van der Waals surface area contributed by atoms with Crippen molar-refractivity contribution in [3.8, 4) is 0 Å². The van der Waals surface area contributed by atoms with Crippen LogP contribution in [0.3, 0.4) is 0 Å². The third-order valence-electron chi connectivity index (χ3n) is 4.37. The van der Waals surface area contributed by atoms with Gasteiger partial charge in [0, 0.05) is 12.1 Å². The molecule has 1 amide bonds. The number of nitrogens with one attached hydrogen (secondary N) is 2. The van der Waals surface area contributed by atoms with Crippen LogP contribution in [0.4, 0.5) is 4.39 Å². The smallest absolute Gasteiger partial charge is 0.240 e. The molecule has 3 rings (SSSR count). The van der Waals surface area contributed by atoms with E-state index in [1.807, 2.05) is 0 Å². The number of carbonyl (C=O) groups is 1. The van der Waals surface area contributed by atoms with Gasteiger partial charge in [-0.05, 0) is 18.9 Å². The van der Waals surface area contributed by atoms with Crippen LogP contribution in [0.1, 0.15) is 43.7 Å². The molecule has 2 aliphatic rings. The highest BCUT2D eigenvalue weighted by Gasteiger charge is 2.43. The molecule has 0 aromatic heterocycles. The zero-order valence-electron chi connectivity index (χ0n) is 10.9. The summed E-state index contributed by atoms with van der Waals surface area (Å²) in [4.78, 5) is 12.4. The molecule has 1 spiro atoms. The lowest BCUT2D eigenvalue weighted by Crippen LogP contribution is -2.64. The van der Waals surface area contributed by atoms with E-state index in [0.29, 0.717) is 12.1 Å². The summed E-state index contributed by atoms with van der Waals surface area (Å²) < 4.78 is 13.8. The first-order chi connectivity index (χ1) is 9.21. The number of halogens is 1. The molecular formula is C15H19FN2O. The maximum absolute atomic E-state index is 13.8. The molecule has 1 saturated heterocycles. The van der Waals surface area contributed by atoms with Crippen molar-refractivity contribution in [2.24, 2.45) is 0 Å². The number of benzene rings is 1. The second kappa shape index (κ2) is 4.93. The molecule has 1 saturated carbocycles. The number of piperazine rings is 1. The van der Waals surface area contributed by atoms with Crippen molar-refractivity contribution in [3.63, 3.8) is 0 Å². The first kappa shape index (κ1) is 12.6. The van der Waals surface area contributed by atoms with Gasteiger partial charge in [-0.3, -0.25) is 4.79 Å². The Labute approximate surface area is 112 Å². The average Bonchev–Trinajstić information content (AvgIpc) is 2.44. The molecule has 1 aliphatic heterocycles. The van der Waals surface area contributed by atoms with E-state index in [0.717, 1.165) is 25.7 Å². The van der Waals surface area contributed by atoms with Crippen molar-refractivity contribution < 1.29 is 9.18 Å². The largest absolute Gasteiger partial charge is 0.346 e. The minimum atomic E-state index is -0.403. The van der Waals surface area contributed by atoms with Gasteiger partial charge < -0.3 is 10.6 Å². The van der Waals surface area contributed by atoms with Crippen LogP contribution in [-0.2, 0) is 4.79 Å². The summed E-state index contributed by atoms with van der Waals surface area (Å²) in [5.41, 5.74) is 0.161. The summed E-state index contributed by atoms with van der Waals surface area (Å²) in [5.74, 6) is -0.221. The van der Waals surface area contributed by atoms with E-state index in [-0.39, 0.29) is 17.8 Å². The van der Waals surface area contributed by atoms with Crippen molar-refractivity contribution in [3.05, 3.63) is 35.6 Å². The van der Waals surface area contributed by atoms with Crippen molar-refractivity contribution in [1.82, 2.24) is 10.6 Å². The van der Waals surface area contributed by atoms with Gasteiger partial charge in [-0.25, -0.2) is 4.39 Å². The third kappa shape index (κ3) is 2.25. The number of hydrogen-bond donors (Lipinski definition) is 2. The van der Waals surface area contributed by atoms with Crippen LogP contribution in [0.2, 0.25) is 0 Å². The second-order valence-corrected chi connectivity index (χ2v) is 5.57. The first-order valence-electron chi connectivity index (χ1n) is 7.02. The van der Waals surface area contributed by atoms with Gasteiger partial charge in [0.15, 0.2) is 0 Å². The van der Waals surface area contributed by atoms with Crippen LogP contribution in [0.5, 0.6) is 0 Å². The molecule has 1 atom stereocenters. The Bertz CT molecular complexity index is 483. The predicted octanol–water partition coefficient (Wildman–Crippen LogP) is 2.29. The summed E-state index contributed by atoms with van der Waals surface area (Å²) in [6.07, 6.45) is 5.16. The molecule has 3 nitrogen and oxygen atoms in total. The van der Waals surface area contributed by atoms with Gasteiger partial charge in [0.05, 0.1) is 11.6 Å². The lowest BCUT2D eigenvalue weighted by atomic mass is 9.79. The Balaban J connectivity index is 1.77. The molecule has 2 N–H and O–H groups in total. The van der Waals surface area contributed by atoms with Crippen LogP contribution in [0, 0.1) is 5.82 Å². The first-order valence-corrected chi connectivity index (χ1v) is 7.02. The van der Waals surface area contributed by atoms with E-state index in [2.05, 4.69) is 10.6 Å². The van der Waals surface area contributed by atoms with Crippen LogP contribution < -0.4 is 10.6 Å². The average molecular weight is 262 g/mol. The lowest BCUT2D eigenvalue weighted by molar-refractivity contribution is -0.132. The van der Waals surface area contributed by atoms with Crippen LogP contribution in [-0.4, -0.2) is 18.0 Å². The number of rotatable bonds is 1. The monoisotopic (exact) mass is 262 g/mol. The maximum Gasteiger partial charge on any atom is 0.240 e. The highest BCUT2D eigenvalue weighted by Crippen LogP contribution is 2.32. The molecule has 1 aliphatic carbocycles. The Morgan fingerprint density at radius 3 is 2.58 bits per heavy atom. The quantitative estimate of drug-likeness (QED) is 0.815. The SMILES string of the molecule is O=C1NC(c2ccccc2F)CNC12CCCCC2. The number of hydrogen-bond acceptors (Lipinski definition) is 2. The summed E-state index contributed by atoms with van der Waals surface area (Å²) in [7, 11) is 0. The zero-order valence-corrected chi connectivity index (χ0v) is 10.9. The Hall–Kier alpha value is -1.42. The van der Waals surface area contributed by atoms with E-state index >= 15 is 0 Å².